The first-order valence-corrected chi connectivity index (χ1v) is 5.05. The topological polar surface area (TPSA) is 61.5 Å². The number of carbonyl (C=O) groups excluding carboxylic acids is 1. The monoisotopic (exact) mass is 281 g/mol. The molecule has 1 rings (SSSR count). The van der Waals surface area contributed by atoms with Gasteiger partial charge < -0.3 is 9.47 Å². The first kappa shape index (κ1) is 15.4. The van der Waals surface area contributed by atoms with E-state index in [1.54, 1.807) is 0 Å². The van der Waals surface area contributed by atoms with Crippen molar-refractivity contribution in [1.82, 2.24) is 0 Å². The van der Waals surface area contributed by atoms with E-state index >= 15 is 0 Å². The Morgan fingerprint density at radius 1 is 1.37 bits per heavy atom. The number of Topliss-reactive ketones (excluding diaryl/α,β-unsaturated/α-hetero) is 1. The summed E-state index contributed by atoms with van der Waals surface area (Å²) in [6, 6.07) is 4.38. The summed E-state index contributed by atoms with van der Waals surface area (Å²) in [6.45, 7) is 0. The molecule has 1 unspecified atom stereocenters. The molecule has 0 bridgehead atoms. The van der Waals surface area contributed by atoms with Crippen molar-refractivity contribution in [2.45, 2.75) is 18.8 Å². The van der Waals surface area contributed by atoms with Gasteiger partial charge in [0.2, 0.25) is 5.78 Å². The van der Waals surface area contributed by atoms with Crippen LogP contribution in [0, 0.1) is 0 Å². The summed E-state index contributed by atoms with van der Waals surface area (Å²) >= 11 is 0. The van der Waals surface area contributed by atoms with Gasteiger partial charge in [-0.3, -0.25) is 10.5 Å². The molecule has 0 saturated carbocycles. The van der Waals surface area contributed by atoms with Crippen molar-refractivity contribution >= 4 is 5.78 Å². The lowest BCUT2D eigenvalue weighted by Gasteiger charge is -2.17. The molecule has 0 amide bonds. The van der Waals surface area contributed by atoms with Crippen molar-refractivity contribution in [3.8, 4) is 5.75 Å². The van der Waals surface area contributed by atoms with E-state index in [4.69, 9.17) is 5.73 Å². The third-order valence-electron chi connectivity index (χ3n) is 2.14. The predicted octanol–water partition coefficient (Wildman–Crippen LogP) is 2.04. The van der Waals surface area contributed by atoms with Gasteiger partial charge in [-0.25, -0.2) is 0 Å². The van der Waals surface area contributed by atoms with E-state index in [0.29, 0.717) is 0 Å². The van der Waals surface area contributed by atoms with Crippen molar-refractivity contribution in [2.24, 2.45) is 5.73 Å². The van der Waals surface area contributed by atoms with Crippen molar-refractivity contribution in [2.75, 3.05) is 7.11 Å². The maximum absolute atomic E-state index is 12.7. The summed E-state index contributed by atoms with van der Waals surface area (Å²) < 4.78 is 57.7. The second kappa shape index (κ2) is 5.98. The molecule has 19 heavy (non-hydrogen) atoms. The number of ketones is 1. The molecule has 4 nitrogen and oxygen atoms in total. The predicted molar refractivity (Wildman–Crippen MR) is 57.3 cm³/mol. The number of halogens is 4. The smallest absolute Gasteiger partial charge is 0.428 e. The number of ether oxygens (including phenoxy) is 2. The van der Waals surface area contributed by atoms with E-state index in [9.17, 15) is 22.4 Å². The first-order valence-electron chi connectivity index (χ1n) is 5.05. The summed E-state index contributed by atoms with van der Waals surface area (Å²) in [5.41, 5.74) is 5.21. The van der Waals surface area contributed by atoms with Crippen LogP contribution < -0.4 is 10.5 Å². The number of carbonyl (C=O) groups is 1. The summed E-state index contributed by atoms with van der Waals surface area (Å²) in [5, 5.41) is 0. The van der Waals surface area contributed by atoms with Crippen molar-refractivity contribution in [1.29, 1.82) is 0 Å². The van der Waals surface area contributed by atoms with Crippen molar-refractivity contribution in [3.05, 3.63) is 29.8 Å². The van der Waals surface area contributed by atoms with Crippen LogP contribution in [-0.2, 0) is 4.74 Å². The second-order valence-electron chi connectivity index (χ2n) is 3.51. The molecule has 0 radical (unpaired) electrons. The molecular weight excluding hydrogens is 270 g/mol. The molecule has 1 atom stereocenters. The summed E-state index contributed by atoms with van der Waals surface area (Å²) in [6.07, 6.45) is -9.88. The van der Waals surface area contributed by atoms with E-state index in [2.05, 4.69) is 9.47 Å². The molecule has 0 fully saturated rings. The Morgan fingerprint density at radius 3 is 2.53 bits per heavy atom. The third kappa shape index (κ3) is 3.90. The molecule has 106 valence electrons. The molecule has 1 aromatic rings. The van der Waals surface area contributed by atoms with Crippen molar-refractivity contribution < 1.29 is 31.8 Å². The van der Waals surface area contributed by atoms with Gasteiger partial charge in [0.1, 0.15) is 5.75 Å². The van der Waals surface area contributed by atoms with Crippen LogP contribution in [0.3, 0.4) is 0 Å². The molecule has 0 heterocycles. The quantitative estimate of drug-likeness (QED) is 0.492. The summed E-state index contributed by atoms with van der Waals surface area (Å²) in [4.78, 5) is 11.6. The molecule has 0 aliphatic heterocycles. The standard InChI is InChI=1S/C11H11F4NO3/c1-18-9(16)8(17)6-3-2-4-7(5-6)19-11(14,15)10(12)13/h2-5,9-10H,16H2,1H3. The lowest BCUT2D eigenvalue weighted by atomic mass is 10.1. The zero-order chi connectivity index (χ0) is 14.6. The molecular formula is C11H11F4NO3. The molecule has 2 N–H and O–H groups in total. The minimum atomic E-state index is -4.63. The number of methoxy groups -OCH3 is 1. The molecule has 1 aromatic carbocycles. The number of benzene rings is 1. The largest absolute Gasteiger partial charge is 0.461 e. The van der Waals surface area contributed by atoms with E-state index in [-0.39, 0.29) is 5.56 Å². The molecule has 0 aliphatic carbocycles. The van der Waals surface area contributed by atoms with E-state index < -0.39 is 30.3 Å². The normalized spacial score (nSPS) is 13.4. The van der Waals surface area contributed by atoms with Crippen LogP contribution in [0.1, 0.15) is 10.4 Å². The highest BCUT2D eigenvalue weighted by Gasteiger charge is 2.44. The Bertz CT molecular complexity index is 453. The minimum absolute atomic E-state index is 0.0862. The van der Waals surface area contributed by atoms with Crippen LogP contribution in [0.5, 0.6) is 5.75 Å². The Balaban J connectivity index is 2.92. The van der Waals surface area contributed by atoms with Crippen LogP contribution in [0.25, 0.3) is 0 Å². The lowest BCUT2D eigenvalue weighted by molar-refractivity contribution is -0.253. The van der Waals surface area contributed by atoms with Crippen LogP contribution in [0.2, 0.25) is 0 Å². The van der Waals surface area contributed by atoms with E-state index in [1.807, 2.05) is 0 Å². The average Bonchev–Trinajstić information content (AvgIpc) is 2.36. The minimum Gasteiger partial charge on any atom is -0.428 e. The highest BCUT2D eigenvalue weighted by Crippen LogP contribution is 2.28. The van der Waals surface area contributed by atoms with Crippen molar-refractivity contribution in [3.63, 3.8) is 0 Å². The Hall–Kier alpha value is -1.67. The molecule has 0 spiro atoms. The van der Waals surface area contributed by atoms with Gasteiger partial charge >= 0.3 is 12.5 Å². The fourth-order valence-corrected chi connectivity index (χ4v) is 1.19. The first-order chi connectivity index (χ1) is 8.77. The van der Waals surface area contributed by atoms with Gasteiger partial charge in [0, 0.05) is 12.7 Å². The van der Waals surface area contributed by atoms with Crippen LogP contribution in [0.4, 0.5) is 17.6 Å². The Kier molecular flexibility index (Phi) is 4.84. The van der Waals surface area contributed by atoms with E-state index in [0.717, 1.165) is 12.1 Å². The van der Waals surface area contributed by atoms with Gasteiger partial charge in [-0.2, -0.15) is 17.6 Å². The maximum Gasteiger partial charge on any atom is 0.461 e. The maximum atomic E-state index is 12.7. The van der Waals surface area contributed by atoms with Crippen LogP contribution in [-0.4, -0.2) is 31.7 Å². The molecule has 0 aliphatic rings. The summed E-state index contributed by atoms with van der Waals surface area (Å²) in [7, 11) is 1.19. The lowest BCUT2D eigenvalue weighted by Crippen LogP contribution is -2.34. The van der Waals surface area contributed by atoms with Gasteiger partial charge in [0.25, 0.3) is 0 Å². The highest BCUT2D eigenvalue weighted by molar-refractivity contribution is 5.99. The van der Waals surface area contributed by atoms with Gasteiger partial charge in [-0.05, 0) is 12.1 Å². The summed E-state index contributed by atoms with van der Waals surface area (Å²) in [5.74, 6) is -1.26. The fourth-order valence-electron chi connectivity index (χ4n) is 1.19. The van der Waals surface area contributed by atoms with Gasteiger partial charge in [0.15, 0.2) is 6.23 Å². The number of hydrogen-bond donors (Lipinski definition) is 1. The molecule has 0 aromatic heterocycles. The van der Waals surface area contributed by atoms with E-state index in [1.165, 1.54) is 19.2 Å². The molecule has 8 heteroatoms. The number of alkyl halides is 4. The highest BCUT2D eigenvalue weighted by atomic mass is 19.3. The Morgan fingerprint density at radius 2 is 2.00 bits per heavy atom. The van der Waals surface area contributed by atoms with Crippen LogP contribution in [0.15, 0.2) is 24.3 Å². The van der Waals surface area contributed by atoms with Gasteiger partial charge in [-0.15, -0.1) is 0 Å². The molecule has 0 saturated heterocycles. The number of hydrogen-bond acceptors (Lipinski definition) is 4. The number of nitrogens with two attached hydrogens (primary N) is 1. The second-order valence-corrected chi connectivity index (χ2v) is 3.51. The SMILES string of the molecule is COC(N)C(=O)c1cccc(OC(F)(F)C(F)F)c1. The average molecular weight is 281 g/mol. The number of rotatable bonds is 6. The van der Waals surface area contributed by atoms with Gasteiger partial charge in [-0.1, -0.05) is 12.1 Å². The zero-order valence-corrected chi connectivity index (χ0v) is 9.78. The Labute approximate surface area is 106 Å². The van der Waals surface area contributed by atoms with Crippen LogP contribution >= 0.6 is 0 Å². The third-order valence-corrected chi connectivity index (χ3v) is 2.14. The fraction of sp³-hybridized carbons (Fsp3) is 0.364. The van der Waals surface area contributed by atoms with Gasteiger partial charge in [0.05, 0.1) is 0 Å². The zero-order valence-electron chi connectivity index (χ0n) is 9.78.